The zero-order valence-electron chi connectivity index (χ0n) is 42.4. The van der Waals surface area contributed by atoms with Crippen molar-refractivity contribution in [3.63, 3.8) is 0 Å². The van der Waals surface area contributed by atoms with Gasteiger partial charge in [0, 0.05) is 50.6 Å². The summed E-state index contributed by atoms with van der Waals surface area (Å²) in [6, 6.07) is 64.1. The maximum atomic E-state index is 9.30. The van der Waals surface area contributed by atoms with E-state index in [4.69, 9.17) is 8.22 Å². The maximum Gasteiger partial charge on any atom is 0.252 e. The molecule has 0 fully saturated rings. The van der Waals surface area contributed by atoms with Crippen LogP contribution in [0.3, 0.4) is 0 Å². The van der Waals surface area contributed by atoms with Crippen LogP contribution in [0.4, 0.5) is 34.1 Å². The summed E-state index contributed by atoms with van der Waals surface area (Å²) in [5.74, 6) is 0. The van der Waals surface area contributed by atoms with Crippen LogP contribution in [0.25, 0.3) is 60.9 Å². The van der Waals surface area contributed by atoms with Crippen molar-refractivity contribution in [2.45, 2.75) is 0 Å². The van der Waals surface area contributed by atoms with Gasteiger partial charge in [0.1, 0.15) is 0 Å². The highest BCUT2D eigenvalue weighted by molar-refractivity contribution is 7.00. The van der Waals surface area contributed by atoms with Gasteiger partial charge in [-0.05, 0) is 116 Å². The summed E-state index contributed by atoms with van der Waals surface area (Å²) in [5.41, 5.74) is 16.1. The summed E-state index contributed by atoms with van der Waals surface area (Å²) in [4.78, 5) is 4.63. The predicted octanol–water partition coefficient (Wildman–Crippen LogP) is 13.9. The minimum absolute atomic E-state index is 0.0383. The van der Waals surface area contributed by atoms with Crippen molar-refractivity contribution in [2.75, 3.05) is 9.80 Å². The van der Waals surface area contributed by atoms with E-state index in [2.05, 4.69) is 161 Å². The van der Waals surface area contributed by atoms with Crippen LogP contribution in [0.5, 0.6) is 0 Å². The van der Waals surface area contributed by atoms with Gasteiger partial charge in [-0.15, -0.1) is 0 Å². The lowest BCUT2D eigenvalue weighted by Crippen LogP contribution is -2.61. The van der Waals surface area contributed by atoms with Crippen molar-refractivity contribution in [1.82, 2.24) is 4.57 Å². The molecular weight excluding hydrogens is 773 g/mol. The van der Waals surface area contributed by atoms with Crippen LogP contribution in [0.2, 0.25) is 0 Å². The molecule has 0 saturated heterocycles. The first-order chi connectivity index (χ1) is 35.1. The summed E-state index contributed by atoms with van der Waals surface area (Å²) in [5, 5.41) is 0.0766. The molecule has 2 aliphatic heterocycles. The number of hydrogen-bond acceptors (Lipinski definition) is 2. The summed E-state index contributed by atoms with van der Waals surface area (Å²) < 4.78 is 73.3. The van der Waals surface area contributed by atoms with Gasteiger partial charge in [-0.3, -0.25) is 0 Å². The number of benzene rings is 10. The molecule has 0 radical (unpaired) electrons. The van der Waals surface area contributed by atoms with Crippen LogP contribution >= 0.6 is 0 Å². The molecular formula is C60H40BN3. The van der Waals surface area contributed by atoms with Crippen molar-refractivity contribution >= 4 is 79.0 Å². The molecule has 4 heteroatoms. The molecule has 0 atom stereocenters. The molecule has 3 nitrogen and oxygen atoms in total. The number of nitrogens with zero attached hydrogens (tertiary/aromatic N) is 3. The van der Waals surface area contributed by atoms with Gasteiger partial charge in [-0.25, -0.2) is 0 Å². The van der Waals surface area contributed by atoms with Gasteiger partial charge in [0.15, 0.2) is 0 Å². The number of fused-ring (bicyclic) bond motifs is 7. The topological polar surface area (TPSA) is 11.4 Å². The van der Waals surface area contributed by atoms with Crippen molar-refractivity contribution < 1.29 is 11.0 Å². The first kappa shape index (κ1) is 29.1. The molecule has 0 bridgehead atoms. The lowest BCUT2D eigenvalue weighted by Gasteiger charge is -2.44. The van der Waals surface area contributed by atoms with Gasteiger partial charge in [0.25, 0.3) is 6.71 Å². The van der Waals surface area contributed by atoms with E-state index >= 15 is 0 Å². The molecule has 64 heavy (non-hydrogen) atoms. The molecule has 0 spiro atoms. The zero-order valence-corrected chi connectivity index (χ0v) is 34.4. The quantitative estimate of drug-likeness (QED) is 0.155. The molecule has 0 amide bonds. The monoisotopic (exact) mass is 821 g/mol. The van der Waals surface area contributed by atoms with E-state index in [9.17, 15) is 2.74 Å². The Bertz CT molecular complexity index is 3940. The smallest absolute Gasteiger partial charge is 0.252 e. The largest absolute Gasteiger partial charge is 0.311 e. The standard InChI is InChI=1S/C60H40BN3/c1-4-15-41(16-5-1)44-27-32-47(33-28-44)62-56-25-14-26-57-60(56)61(52-37-31-46(39-58(52)62)43-19-8-3-9-20-43)53-38-36-49(64-54-23-12-10-21-50(54)51-22-11-13-24-55(51)64)40-59(53)63(57)48-34-29-45(30-35-48)42-17-6-2-7-18-42/h1-40H/i10D,11D,12D,13D,21D,22D,23D,24D. The Kier molecular flexibility index (Phi) is 6.65. The fourth-order valence-electron chi connectivity index (χ4n) is 9.97. The maximum absolute atomic E-state index is 9.30. The third-order valence-electron chi connectivity index (χ3n) is 12.8. The molecule has 13 rings (SSSR count). The summed E-state index contributed by atoms with van der Waals surface area (Å²) in [6.07, 6.45) is 0. The van der Waals surface area contributed by atoms with Crippen LogP contribution < -0.4 is 26.2 Å². The third kappa shape index (κ3) is 5.70. The molecule has 0 unspecified atom stereocenters. The molecule has 0 saturated carbocycles. The van der Waals surface area contributed by atoms with E-state index in [1.807, 2.05) is 42.5 Å². The number of aromatic nitrogens is 1. The van der Waals surface area contributed by atoms with E-state index < -0.39 is 24.2 Å². The first-order valence-electron chi connectivity index (χ1n) is 25.5. The Hall–Kier alpha value is -8.34. The minimum atomic E-state index is -0.477. The number of hydrogen-bond donors (Lipinski definition) is 0. The first-order valence-corrected chi connectivity index (χ1v) is 21.5. The Morgan fingerprint density at radius 1 is 0.328 bits per heavy atom. The van der Waals surface area contributed by atoms with E-state index in [0.717, 1.165) is 83.9 Å². The summed E-state index contributed by atoms with van der Waals surface area (Å²) in [7, 11) is 0. The minimum Gasteiger partial charge on any atom is -0.311 e. The highest BCUT2D eigenvalue weighted by Gasteiger charge is 2.43. The molecule has 3 heterocycles. The van der Waals surface area contributed by atoms with Crippen LogP contribution in [0.15, 0.2) is 242 Å². The van der Waals surface area contributed by atoms with Gasteiger partial charge in [0.05, 0.1) is 22.0 Å². The fourth-order valence-corrected chi connectivity index (χ4v) is 9.97. The Labute approximate surface area is 384 Å². The van der Waals surface area contributed by atoms with Crippen LogP contribution in [0.1, 0.15) is 11.0 Å². The second-order valence-electron chi connectivity index (χ2n) is 16.3. The molecule has 10 aromatic carbocycles. The Morgan fingerprint density at radius 2 is 0.734 bits per heavy atom. The fraction of sp³-hybridized carbons (Fsp3) is 0. The van der Waals surface area contributed by atoms with Gasteiger partial charge < -0.3 is 14.4 Å². The number of rotatable bonds is 6. The normalized spacial score (nSPS) is 14.3. The molecule has 11 aromatic rings. The lowest BCUT2D eigenvalue weighted by molar-refractivity contribution is 1.17. The van der Waals surface area contributed by atoms with E-state index in [1.54, 1.807) is 4.57 Å². The Balaban J connectivity index is 1.09. The van der Waals surface area contributed by atoms with Gasteiger partial charge in [0.2, 0.25) is 0 Å². The second-order valence-corrected chi connectivity index (χ2v) is 16.3. The molecule has 0 aliphatic carbocycles. The van der Waals surface area contributed by atoms with Crippen molar-refractivity contribution in [3.8, 4) is 39.1 Å². The average Bonchev–Trinajstić information content (AvgIpc) is 3.81. The molecule has 0 N–H and O–H groups in total. The average molecular weight is 822 g/mol. The second kappa shape index (κ2) is 14.6. The third-order valence-corrected chi connectivity index (χ3v) is 12.8. The van der Waals surface area contributed by atoms with Gasteiger partial charge in [-0.2, -0.15) is 0 Å². The highest BCUT2D eigenvalue weighted by Crippen LogP contribution is 2.46. The zero-order chi connectivity index (χ0) is 49.1. The SMILES string of the molecule is [2H]c1c([2H])c([2H])c2c(c1[2H])c1c([2H])c([2H])c([2H])c([2H])c1n2-c1ccc2c(c1)N(c1ccc(-c3ccccc3)cc1)c1cccc3c1B2c1ccc(-c2ccccc2)cc1N3c1ccc(-c2ccccc2)cc1. The van der Waals surface area contributed by atoms with Crippen LogP contribution in [-0.4, -0.2) is 11.3 Å². The van der Waals surface area contributed by atoms with Gasteiger partial charge >= 0.3 is 0 Å². The van der Waals surface area contributed by atoms with E-state index in [1.165, 1.54) is 0 Å². The van der Waals surface area contributed by atoms with Crippen molar-refractivity contribution in [2.24, 2.45) is 0 Å². The Morgan fingerprint density at radius 3 is 1.25 bits per heavy atom. The van der Waals surface area contributed by atoms with Gasteiger partial charge in [-0.1, -0.05) is 176 Å². The summed E-state index contributed by atoms with van der Waals surface area (Å²) in [6.45, 7) is -0.271. The highest BCUT2D eigenvalue weighted by atomic mass is 15.2. The van der Waals surface area contributed by atoms with E-state index in [-0.39, 0.29) is 52.7 Å². The molecule has 1 aromatic heterocycles. The van der Waals surface area contributed by atoms with E-state index in [0.29, 0.717) is 5.69 Å². The summed E-state index contributed by atoms with van der Waals surface area (Å²) >= 11 is 0. The van der Waals surface area contributed by atoms with Crippen molar-refractivity contribution in [1.29, 1.82) is 0 Å². The lowest BCUT2D eigenvalue weighted by atomic mass is 9.33. The predicted molar refractivity (Wildman–Crippen MR) is 271 cm³/mol. The van der Waals surface area contributed by atoms with Crippen LogP contribution in [0, 0.1) is 0 Å². The number of para-hydroxylation sites is 2. The number of anilines is 6. The molecule has 298 valence electrons. The van der Waals surface area contributed by atoms with Crippen LogP contribution in [-0.2, 0) is 0 Å². The van der Waals surface area contributed by atoms with Crippen molar-refractivity contribution in [3.05, 3.63) is 242 Å². The molecule has 2 aliphatic rings.